The molecule has 2 N–H and O–H groups in total. The van der Waals surface area contributed by atoms with Crippen molar-refractivity contribution in [1.82, 2.24) is 4.98 Å². The quantitative estimate of drug-likeness (QED) is 0.728. The van der Waals surface area contributed by atoms with E-state index in [1.807, 2.05) is 0 Å². The number of benzene rings is 2. The summed E-state index contributed by atoms with van der Waals surface area (Å²) in [5, 5.41) is 2.59. The minimum Gasteiger partial charge on any atom is -0.481 e. The Labute approximate surface area is 137 Å². The maximum atomic E-state index is 13.6. The molecule has 0 fully saturated rings. The maximum absolute atomic E-state index is 13.6. The molecule has 0 saturated heterocycles. The summed E-state index contributed by atoms with van der Waals surface area (Å²) in [6.45, 7) is -0.349. The van der Waals surface area contributed by atoms with E-state index in [0.717, 1.165) is 0 Å². The fourth-order valence-electron chi connectivity index (χ4n) is 1.96. The lowest BCUT2D eigenvalue weighted by molar-refractivity contribution is -0.118. The van der Waals surface area contributed by atoms with Gasteiger partial charge in [0.1, 0.15) is 0 Å². The average Bonchev–Trinajstić information content (AvgIpc) is 2.85. The summed E-state index contributed by atoms with van der Waals surface area (Å²) < 4.78 is 24.1. The van der Waals surface area contributed by atoms with Crippen molar-refractivity contribution < 1.29 is 18.3 Å². The molecule has 0 spiro atoms. The SMILES string of the molecule is O=C(COc1ccc(Br)cc1F)Nc1ccc2oc(=O)[nH]c2c1. The fraction of sp³-hybridized carbons (Fsp3) is 0.0667. The van der Waals surface area contributed by atoms with Gasteiger partial charge in [0, 0.05) is 10.2 Å². The molecule has 0 aliphatic heterocycles. The highest BCUT2D eigenvalue weighted by Gasteiger charge is 2.09. The molecule has 0 atom stereocenters. The summed E-state index contributed by atoms with van der Waals surface area (Å²) in [4.78, 5) is 25.4. The minimum atomic E-state index is -0.572. The van der Waals surface area contributed by atoms with Crippen molar-refractivity contribution in [3.05, 3.63) is 57.2 Å². The van der Waals surface area contributed by atoms with Crippen molar-refractivity contribution in [3.63, 3.8) is 0 Å². The van der Waals surface area contributed by atoms with Crippen molar-refractivity contribution in [1.29, 1.82) is 0 Å². The lowest BCUT2D eigenvalue weighted by Crippen LogP contribution is -2.20. The second-order valence-electron chi connectivity index (χ2n) is 4.64. The first-order chi connectivity index (χ1) is 11.0. The molecule has 0 aliphatic carbocycles. The molecule has 8 heteroatoms. The molecule has 0 unspecified atom stereocenters. The molecule has 6 nitrogen and oxygen atoms in total. The Hall–Kier alpha value is -2.61. The van der Waals surface area contributed by atoms with Gasteiger partial charge in [-0.1, -0.05) is 15.9 Å². The van der Waals surface area contributed by atoms with Crippen molar-refractivity contribution in [2.75, 3.05) is 11.9 Å². The van der Waals surface area contributed by atoms with E-state index in [1.54, 1.807) is 24.3 Å². The highest BCUT2D eigenvalue weighted by Crippen LogP contribution is 2.21. The van der Waals surface area contributed by atoms with Crippen LogP contribution in [0.3, 0.4) is 0 Å². The molecule has 1 heterocycles. The van der Waals surface area contributed by atoms with Crippen molar-refractivity contribution in [3.8, 4) is 5.75 Å². The highest BCUT2D eigenvalue weighted by molar-refractivity contribution is 9.10. The van der Waals surface area contributed by atoms with E-state index in [-0.39, 0.29) is 12.4 Å². The van der Waals surface area contributed by atoms with Gasteiger partial charge in [-0.3, -0.25) is 9.78 Å². The number of rotatable bonds is 4. The van der Waals surface area contributed by atoms with E-state index >= 15 is 0 Å². The van der Waals surface area contributed by atoms with Gasteiger partial charge in [0.05, 0.1) is 5.52 Å². The van der Waals surface area contributed by atoms with Crippen LogP contribution in [0.25, 0.3) is 11.1 Å². The average molecular weight is 381 g/mol. The molecule has 1 aromatic heterocycles. The first-order valence-electron chi connectivity index (χ1n) is 6.52. The van der Waals surface area contributed by atoms with Crippen LogP contribution in [0.5, 0.6) is 5.75 Å². The Morgan fingerprint density at radius 2 is 2.13 bits per heavy atom. The number of carbonyl (C=O) groups excluding carboxylic acids is 1. The Morgan fingerprint density at radius 1 is 1.30 bits per heavy atom. The topological polar surface area (TPSA) is 84.3 Å². The number of carbonyl (C=O) groups is 1. The number of fused-ring (bicyclic) bond motifs is 1. The van der Waals surface area contributed by atoms with Gasteiger partial charge < -0.3 is 14.5 Å². The first-order valence-corrected chi connectivity index (χ1v) is 7.31. The Morgan fingerprint density at radius 3 is 2.91 bits per heavy atom. The van der Waals surface area contributed by atoms with E-state index < -0.39 is 17.5 Å². The van der Waals surface area contributed by atoms with Crippen LogP contribution in [0.2, 0.25) is 0 Å². The second-order valence-corrected chi connectivity index (χ2v) is 5.55. The number of nitrogens with one attached hydrogen (secondary N) is 2. The van der Waals surface area contributed by atoms with E-state index in [4.69, 9.17) is 9.15 Å². The molecule has 3 aromatic rings. The Kier molecular flexibility index (Phi) is 4.16. The molecule has 23 heavy (non-hydrogen) atoms. The molecule has 0 radical (unpaired) electrons. The first kappa shape index (κ1) is 15.3. The van der Waals surface area contributed by atoms with Gasteiger partial charge in [0.15, 0.2) is 23.8 Å². The number of aromatic amines is 1. The predicted octanol–water partition coefficient (Wildman–Crippen LogP) is 3.04. The molecule has 0 aliphatic rings. The zero-order chi connectivity index (χ0) is 16.4. The van der Waals surface area contributed by atoms with E-state index in [9.17, 15) is 14.0 Å². The third-order valence-corrected chi connectivity index (χ3v) is 3.45. The molecule has 0 bridgehead atoms. The van der Waals surface area contributed by atoms with Gasteiger partial charge in [-0.05, 0) is 36.4 Å². The monoisotopic (exact) mass is 380 g/mol. The molecule has 2 aromatic carbocycles. The van der Waals surface area contributed by atoms with Gasteiger partial charge in [-0.25, -0.2) is 9.18 Å². The number of amides is 1. The van der Waals surface area contributed by atoms with Gasteiger partial charge in [-0.15, -0.1) is 0 Å². The third-order valence-electron chi connectivity index (χ3n) is 2.96. The Balaban J connectivity index is 1.64. The van der Waals surface area contributed by atoms with Crippen molar-refractivity contribution >= 4 is 38.6 Å². The number of ether oxygens (including phenoxy) is 1. The van der Waals surface area contributed by atoms with E-state index in [1.165, 1.54) is 12.1 Å². The van der Waals surface area contributed by atoms with Gasteiger partial charge >= 0.3 is 5.76 Å². The highest BCUT2D eigenvalue weighted by atomic mass is 79.9. The summed E-state index contributed by atoms with van der Waals surface area (Å²) in [6.07, 6.45) is 0. The number of H-pyrrole nitrogens is 1. The summed E-state index contributed by atoms with van der Waals surface area (Å²) >= 11 is 3.13. The predicted molar refractivity (Wildman–Crippen MR) is 85.1 cm³/mol. The minimum absolute atomic E-state index is 0.0158. The van der Waals surface area contributed by atoms with Gasteiger partial charge in [-0.2, -0.15) is 0 Å². The van der Waals surface area contributed by atoms with Crippen LogP contribution in [0.15, 0.2) is 50.1 Å². The van der Waals surface area contributed by atoms with E-state index in [2.05, 4.69) is 26.2 Å². The smallest absolute Gasteiger partial charge is 0.417 e. The zero-order valence-electron chi connectivity index (χ0n) is 11.6. The fourth-order valence-corrected chi connectivity index (χ4v) is 2.30. The van der Waals surface area contributed by atoms with Gasteiger partial charge in [0.2, 0.25) is 0 Å². The normalized spacial score (nSPS) is 10.7. The molecule has 118 valence electrons. The van der Waals surface area contributed by atoms with Crippen LogP contribution < -0.4 is 15.8 Å². The summed E-state index contributed by atoms with van der Waals surface area (Å²) in [7, 11) is 0. The maximum Gasteiger partial charge on any atom is 0.417 e. The number of aromatic nitrogens is 1. The number of hydrogen-bond donors (Lipinski definition) is 2. The third kappa shape index (κ3) is 3.59. The molecule has 0 saturated carbocycles. The number of anilines is 1. The summed E-state index contributed by atoms with van der Waals surface area (Å²) in [6, 6.07) is 8.97. The standard InChI is InChI=1S/C15H10BrFN2O4/c16-8-1-3-12(10(17)5-8)22-7-14(20)18-9-2-4-13-11(6-9)19-15(21)23-13/h1-6H,7H2,(H,18,20)(H,19,21). The zero-order valence-corrected chi connectivity index (χ0v) is 13.1. The van der Waals surface area contributed by atoms with Crippen molar-refractivity contribution in [2.24, 2.45) is 0 Å². The van der Waals surface area contributed by atoms with Crippen LogP contribution in [-0.2, 0) is 4.79 Å². The summed E-state index contributed by atoms with van der Waals surface area (Å²) in [5.74, 6) is -1.61. The summed E-state index contributed by atoms with van der Waals surface area (Å²) in [5.41, 5.74) is 1.31. The number of hydrogen-bond acceptors (Lipinski definition) is 4. The van der Waals surface area contributed by atoms with Gasteiger partial charge in [0.25, 0.3) is 5.91 Å². The van der Waals surface area contributed by atoms with Crippen LogP contribution >= 0.6 is 15.9 Å². The van der Waals surface area contributed by atoms with Crippen molar-refractivity contribution in [2.45, 2.75) is 0 Å². The molecular weight excluding hydrogens is 371 g/mol. The molecular formula is C15H10BrFN2O4. The Bertz CT molecular complexity index is 935. The molecule has 3 rings (SSSR count). The van der Waals surface area contributed by atoms with E-state index in [0.29, 0.717) is 21.3 Å². The largest absolute Gasteiger partial charge is 0.481 e. The number of oxazole rings is 1. The number of halogens is 2. The second kappa shape index (κ2) is 6.25. The lowest BCUT2D eigenvalue weighted by atomic mass is 10.3. The van der Waals surface area contributed by atoms with Crippen LogP contribution in [0.4, 0.5) is 10.1 Å². The molecule has 1 amide bonds. The lowest BCUT2D eigenvalue weighted by Gasteiger charge is -2.08. The van der Waals surface area contributed by atoms with Crippen LogP contribution in [0.1, 0.15) is 0 Å². The van der Waals surface area contributed by atoms with Crippen LogP contribution in [0, 0.1) is 5.82 Å². The van der Waals surface area contributed by atoms with Crippen LogP contribution in [-0.4, -0.2) is 17.5 Å².